The molecule has 3 rings (SSSR count). The maximum Gasteiger partial charge on any atom is 0.409 e. The lowest BCUT2D eigenvalue weighted by Gasteiger charge is -2.38. The molecule has 3 fully saturated rings. The standard InChI is InChI=1S/C17H27N3O6/c1-2-24-16(23)20-9-7-19(8-10-20)15(22)13-14(21)18-5-3-17(4-6-18)25-11-12-26-17/h2-13H2,1H3. The van der Waals surface area contributed by atoms with Crippen LogP contribution < -0.4 is 0 Å². The summed E-state index contributed by atoms with van der Waals surface area (Å²) in [5.41, 5.74) is 0. The van der Waals surface area contributed by atoms with Crippen LogP contribution in [-0.2, 0) is 23.8 Å². The van der Waals surface area contributed by atoms with E-state index in [-0.39, 0.29) is 24.3 Å². The fourth-order valence-electron chi connectivity index (χ4n) is 3.59. The summed E-state index contributed by atoms with van der Waals surface area (Å²) >= 11 is 0. The van der Waals surface area contributed by atoms with Gasteiger partial charge in [0.25, 0.3) is 0 Å². The smallest absolute Gasteiger partial charge is 0.409 e. The van der Waals surface area contributed by atoms with Crippen molar-refractivity contribution in [2.24, 2.45) is 0 Å². The van der Waals surface area contributed by atoms with Crippen molar-refractivity contribution in [2.75, 3.05) is 59.1 Å². The molecule has 0 radical (unpaired) electrons. The maximum absolute atomic E-state index is 12.4. The first-order valence-electron chi connectivity index (χ1n) is 9.28. The summed E-state index contributed by atoms with van der Waals surface area (Å²) in [5, 5.41) is 0. The molecular formula is C17H27N3O6. The molecule has 0 aromatic rings. The van der Waals surface area contributed by atoms with Crippen molar-refractivity contribution < 1.29 is 28.6 Å². The van der Waals surface area contributed by atoms with Gasteiger partial charge in [0, 0.05) is 52.1 Å². The zero-order valence-electron chi connectivity index (χ0n) is 15.3. The van der Waals surface area contributed by atoms with Crippen molar-refractivity contribution >= 4 is 17.9 Å². The van der Waals surface area contributed by atoms with Gasteiger partial charge in [-0.3, -0.25) is 9.59 Å². The number of piperidine rings is 1. The number of hydrogen-bond acceptors (Lipinski definition) is 6. The fraction of sp³-hybridized carbons (Fsp3) is 0.824. The minimum Gasteiger partial charge on any atom is -0.450 e. The molecule has 0 unspecified atom stereocenters. The highest BCUT2D eigenvalue weighted by Crippen LogP contribution is 2.31. The van der Waals surface area contributed by atoms with E-state index in [0.29, 0.717) is 71.9 Å². The number of ether oxygens (including phenoxy) is 3. The van der Waals surface area contributed by atoms with Gasteiger partial charge in [-0.15, -0.1) is 0 Å². The number of piperazine rings is 1. The number of rotatable bonds is 3. The summed E-state index contributed by atoms with van der Waals surface area (Å²) in [4.78, 5) is 41.4. The van der Waals surface area contributed by atoms with E-state index in [1.54, 1.807) is 21.6 Å². The summed E-state index contributed by atoms with van der Waals surface area (Å²) in [7, 11) is 0. The summed E-state index contributed by atoms with van der Waals surface area (Å²) < 4.78 is 16.3. The molecule has 0 aromatic carbocycles. The molecular weight excluding hydrogens is 342 g/mol. The van der Waals surface area contributed by atoms with Crippen LogP contribution in [0.5, 0.6) is 0 Å². The monoisotopic (exact) mass is 369 g/mol. The minimum atomic E-state index is -0.524. The highest BCUT2D eigenvalue weighted by atomic mass is 16.7. The molecule has 3 amide bonds. The molecule has 3 aliphatic rings. The predicted molar refractivity (Wildman–Crippen MR) is 90.2 cm³/mol. The lowest BCUT2D eigenvalue weighted by molar-refractivity contribution is -0.187. The molecule has 0 N–H and O–H groups in total. The molecule has 0 bridgehead atoms. The molecule has 3 aliphatic heterocycles. The Morgan fingerprint density at radius 3 is 1.88 bits per heavy atom. The first-order valence-corrected chi connectivity index (χ1v) is 9.28. The summed E-state index contributed by atoms with van der Waals surface area (Å²) in [5.74, 6) is -0.868. The normalized spacial score (nSPS) is 22.6. The van der Waals surface area contributed by atoms with Crippen molar-refractivity contribution in [3.63, 3.8) is 0 Å². The first kappa shape index (κ1) is 18.9. The molecule has 26 heavy (non-hydrogen) atoms. The van der Waals surface area contributed by atoms with Gasteiger partial charge in [-0.25, -0.2) is 4.79 Å². The van der Waals surface area contributed by atoms with Crippen LogP contribution >= 0.6 is 0 Å². The molecule has 0 aromatic heterocycles. The molecule has 9 heteroatoms. The summed E-state index contributed by atoms with van der Waals surface area (Å²) in [6.07, 6.45) is 0.805. The van der Waals surface area contributed by atoms with E-state index in [0.717, 1.165) is 0 Å². The van der Waals surface area contributed by atoms with Gasteiger partial charge < -0.3 is 28.9 Å². The van der Waals surface area contributed by atoms with Crippen molar-refractivity contribution in [3.05, 3.63) is 0 Å². The van der Waals surface area contributed by atoms with Crippen LogP contribution in [0.25, 0.3) is 0 Å². The van der Waals surface area contributed by atoms with E-state index in [4.69, 9.17) is 14.2 Å². The van der Waals surface area contributed by atoms with Crippen molar-refractivity contribution in [2.45, 2.75) is 32.0 Å². The Hall–Kier alpha value is -1.87. The van der Waals surface area contributed by atoms with Crippen molar-refractivity contribution in [3.8, 4) is 0 Å². The van der Waals surface area contributed by atoms with Crippen molar-refractivity contribution in [1.29, 1.82) is 0 Å². The van der Waals surface area contributed by atoms with E-state index in [9.17, 15) is 14.4 Å². The van der Waals surface area contributed by atoms with Gasteiger partial charge in [-0.2, -0.15) is 0 Å². The number of amides is 3. The van der Waals surface area contributed by atoms with Crippen LogP contribution in [0.3, 0.4) is 0 Å². The topological polar surface area (TPSA) is 88.6 Å². The van der Waals surface area contributed by atoms with Crippen LogP contribution in [0.2, 0.25) is 0 Å². The van der Waals surface area contributed by atoms with Gasteiger partial charge in [0.05, 0.1) is 19.8 Å². The van der Waals surface area contributed by atoms with Crippen molar-refractivity contribution in [1.82, 2.24) is 14.7 Å². The van der Waals surface area contributed by atoms with E-state index in [1.165, 1.54) is 0 Å². The highest BCUT2D eigenvalue weighted by molar-refractivity contribution is 5.97. The second-order valence-electron chi connectivity index (χ2n) is 6.73. The number of likely N-dealkylation sites (tertiary alicyclic amines) is 1. The van der Waals surface area contributed by atoms with Gasteiger partial charge in [0.1, 0.15) is 6.42 Å². The van der Waals surface area contributed by atoms with E-state index in [1.807, 2.05) is 0 Å². The molecule has 3 heterocycles. The maximum atomic E-state index is 12.4. The fourth-order valence-corrected chi connectivity index (χ4v) is 3.59. The average molecular weight is 369 g/mol. The minimum absolute atomic E-state index is 0.131. The van der Waals surface area contributed by atoms with Crippen LogP contribution in [0.1, 0.15) is 26.2 Å². The highest BCUT2D eigenvalue weighted by Gasteiger charge is 2.41. The summed E-state index contributed by atoms with van der Waals surface area (Å²) in [6.45, 7) is 6.10. The summed E-state index contributed by atoms with van der Waals surface area (Å²) in [6, 6.07) is 0. The molecule has 0 atom stereocenters. The molecule has 1 spiro atoms. The number of carbonyl (C=O) groups excluding carboxylic acids is 3. The third-order valence-electron chi connectivity index (χ3n) is 5.15. The molecule has 0 aliphatic carbocycles. The third-order valence-corrected chi connectivity index (χ3v) is 5.15. The molecule has 0 saturated carbocycles. The van der Waals surface area contributed by atoms with Gasteiger partial charge in [-0.05, 0) is 6.92 Å². The lowest BCUT2D eigenvalue weighted by atomic mass is 10.0. The molecule has 3 saturated heterocycles. The Morgan fingerprint density at radius 1 is 0.846 bits per heavy atom. The average Bonchev–Trinajstić information content (AvgIpc) is 3.10. The van der Waals surface area contributed by atoms with Gasteiger partial charge in [-0.1, -0.05) is 0 Å². The molecule has 146 valence electrons. The molecule has 9 nitrogen and oxygen atoms in total. The quantitative estimate of drug-likeness (QED) is 0.653. The zero-order chi connectivity index (χ0) is 18.6. The largest absolute Gasteiger partial charge is 0.450 e. The Bertz CT molecular complexity index is 531. The van der Waals surface area contributed by atoms with E-state index in [2.05, 4.69) is 0 Å². The Morgan fingerprint density at radius 2 is 1.35 bits per heavy atom. The first-order chi connectivity index (χ1) is 12.5. The van der Waals surface area contributed by atoms with Gasteiger partial charge in [0.15, 0.2) is 5.79 Å². The number of carbonyl (C=O) groups is 3. The van der Waals surface area contributed by atoms with Gasteiger partial charge in [0.2, 0.25) is 11.8 Å². The Kier molecular flexibility index (Phi) is 5.98. The SMILES string of the molecule is CCOC(=O)N1CCN(C(=O)CC(=O)N2CCC3(CC2)OCCO3)CC1. The van der Waals surface area contributed by atoms with Crippen LogP contribution in [0.4, 0.5) is 4.79 Å². The Labute approximate surface area is 153 Å². The number of hydrogen-bond donors (Lipinski definition) is 0. The van der Waals surface area contributed by atoms with E-state index >= 15 is 0 Å². The van der Waals surface area contributed by atoms with Crippen LogP contribution in [-0.4, -0.2) is 97.5 Å². The van der Waals surface area contributed by atoms with Gasteiger partial charge >= 0.3 is 6.09 Å². The predicted octanol–water partition coefficient (Wildman–Crippen LogP) is 0.0427. The zero-order valence-corrected chi connectivity index (χ0v) is 15.3. The Balaban J connectivity index is 1.41. The third kappa shape index (κ3) is 4.27. The second-order valence-corrected chi connectivity index (χ2v) is 6.73. The van der Waals surface area contributed by atoms with Crippen LogP contribution in [0.15, 0.2) is 0 Å². The van der Waals surface area contributed by atoms with E-state index < -0.39 is 5.79 Å². The lowest BCUT2D eigenvalue weighted by Crippen LogP contribution is -2.52. The number of nitrogens with zero attached hydrogens (tertiary/aromatic N) is 3. The second kappa shape index (κ2) is 8.22. The van der Waals surface area contributed by atoms with Crippen LogP contribution in [0, 0.1) is 0 Å².